The van der Waals surface area contributed by atoms with Crippen molar-refractivity contribution in [3.8, 4) is 5.69 Å². The van der Waals surface area contributed by atoms with Crippen molar-refractivity contribution in [2.75, 3.05) is 19.8 Å². The van der Waals surface area contributed by atoms with Crippen LogP contribution in [0.2, 0.25) is 0 Å². The number of aromatic nitrogens is 5. The third-order valence-electron chi connectivity index (χ3n) is 4.70. The van der Waals surface area contributed by atoms with Gasteiger partial charge in [-0.15, -0.1) is 0 Å². The number of amides is 1. The second-order valence-corrected chi connectivity index (χ2v) is 7.20. The average Bonchev–Trinajstić information content (AvgIpc) is 3.32. The normalized spacial score (nSPS) is 17.3. The molecule has 1 aromatic carbocycles. The van der Waals surface area contributed by atoms with Crippen LogP contribution < -0.4 is 0 Å². The summed E-state index contributed by atoms with van der Waals surface area (Å²) < 4.78 is 8.38. The summed E-state index contributed by atoms with van der Waals surface area (Å²) in [6.07, 6.45) is 1.44. The molecule has 0 saturated carbocycles. The van der Waals surface area contributed by atoms with Gasteiger partial charge in [0.2, 0.25) is 0 Å². The van der Waals surface area contributed by atoms with Crippen LogP contribution in [-0.2, 0) is 4.74 Å². The lowest BCUT2D eigenvalue weighted by Crippen LogP contribution is -2.43. The standard InChI is InChI=1S/C18H19BrN6O2/c1-11-16(19)12(2)25(23-11)14-5-3-13(4-6-14)18(26)24-7-8-27-9-15(24)17-20-10-21-22-17/h3-6,10,15H,7-9H2,1-2H3,(H,20,21,22)/t15-/m0/s1. The monoisotopic (exact) mass is 430 g/mol. The highest BCUT2D eigenvalue weighted by Gasteiger charge is 2.31. The van der Waals surface area contributed by atoms with Gasteiger partial charge in [-0.25, -0.2) is 9.67 Å². The predicted octanol–water partition coefficient (Wildman–Crippen LogP) is 2.58. The summed E-state index contributed by atoms with van der Waals surface area (Å²) in [4.78, 5) is 19.0. The summed E-state index contributed by atoms with van der Waals surface area (Å²) in [6, 6.07) is 7.20. The van der Waals surface area contributed by atoms with Crippen molar-refractivity contribution in [3.05, 3.63) is 57.8 Å². The van der Waals surface area contributed by atoms with E-state index >= 15 is 0 Å². The number of morpholine rings is 1. The third kappa shape index (κ3) is 3.28. The number of nitrogens with one attached hydrogen (secondary N) is 1. The van der Waals surface area contributed by atoms with E-state index in [2.05, 4.69) is 36.2 Å². The zero-order valence-electron chi connectivity index (χ0n) is 15.0. The Morgan fingerprint density at radius 1 is 1.30 bits per heavy atom. The zero-order valence-corrected chi connectivity index (χ0v) is 16.6. The average molecular weight is 431 g/mol. The molecule has 8 nitrogen and oxygen atoms in total. The Bertz CT molecular complexity index is 951. The van der Waals surface area contributed by atoms with Crippen molar-refractivity contribution in [2.45, 2.75) is 19.9 Å². The molecule has 1 aliphatic heterocycles. The Morgan fingerprint density at radius 3 is 2.70 bits per heavy atom. The van der Waals surface area contributed by atoms with Crippen molar-refractivity contribution in [1.82, 2.24) is 29.9 Å². The number of benzene rings is 1. The second-order valence-electron chi connectivity index (χ2n) is 6.40. The number of halogens is 1. The zero-order chi connectivity index (χ0) is 19.0. The van der Waals surface area contributed by atoms with E-state index in [1.807, 2.05) is 42.8 Å². The molecule has 140 valence electrons. The maximum atomic E-state index is 13.1. The quantitative estimate of drug-likeness (QED) is 0.689. The van der Waals surface area contributed by atoms with Crippen LogP contribution in [0.4, 0.5) is 0 Å². The molecule has 0 bridgehead atoms. The molecule has 9 heteroatoms. The summed E-state index contributed by atoms with van der Waals surface area (Å²) >= 11 is 3.54. The smallest absolute Gasteiger partial charge is 0.254 e. The van der Waals surface area contributed by atoms with Gasteiger partial charge >= 0.3 is 0 Å². The van der Waals surface area contributed by atoms with Crippen LogP contribution in [-0.4, -0.2) is 55.5 Å². The van der Waals surface area contributed by atoms with Gasteiger partial charge in [0.15, 0.2) is 0 Å². The van der Waals surface area contributed by atoms with Crippen molar-refractivity contribution >= 4 is 21.8 Å². The summed E-state index contributed by atoms with van der Waals surface area (Å²) in [5.74, 6) is 0.577. The molecule has 0 radical (unpaired) electrons. The van der Waals surface area contributed by atoms with Crippen LogP contribution in [0.25, 0.3) is 5.69 Å². The number of aromatic amines is 1. The fourth-order valence-electron chi connectivity index (χ4n) is 3.23. The van der Waals surface area contributed by atoms with Crippen LogP contribution in [0.15, 0.2) is 35.1 Å². The van der Waals surface area contributed by atoms with E-state index in [1.165, 1.54) is 6.33 Å². The first-order chi connectivity index (χ1) is 13.1. The van der Waals surface area contributed by atoms with Crippen LogP contribution in [0, 0.1) is 13.8 Å². The first kappa shape index (κ1) is 17.9. The summed E-state index contributed by atoms with van der Waals surface area (Å²) in [5, 5.41) is 11.2. The van der Waals surface area contributed by atoms with Crippen molar-refractivity contribution in [1.29, 1.82) is 0 Å². The Labute approximate surface area is 164 Å². The number of carbonyl (C=O) groups excluding carboxylic acids is 1. The minimum absolute atomic E-state index is 0.0548. The first-order valence-corrected chi connectivity index (χ1v) is 9.41. The second kappa shape index (κ2) is 7.24. The SMILES string of the molecule is Cc1nn(-c2ccc(C(=O)N3CCOC[C@H]3c3ncn[nH]3)cc2)c(C)c1Br. The maximum absolute atomic E-state index is 13.1. The van der Waals surface area contributed by atoms with Gasteiger partial charge in [-0.05, 0) is 54.0 Å². The Hall–Kier alpha value is -2.52. The number of carbonyl (C=O) groups is 1. The molecule has 27 heavy (non-hydrogen) atoms. The van der Waals surface area contributed by atoms with Gasteiger partial charge in [-0.3, -0.25) is 9.89 Å². The number of H-pyrrole nitrogens is 1. The molecule has 1 atom stereocenters. The summed E-state index contributed by atoms with van der Waals surface area (Å²) in [7, 11) is 0. The Balaban J connectivity index is 1.59. The number of hydrogen-bond donors (Lipinski definition) is 1. The van der Waals surface area contributed by atoms with Gasteiger partial charge in [-0.1, -0.05) is 0 Å². The molecule has 1 amide bonds. The molecular formula is C18H19BrN6O2. The molecule has 1 saturated heterocycles. The third-order valence-corrected chi connectivity index (χ3v) is 5.85. The van der Waals surface area contributed by atoms with Crippen LogP contribution >= 0.6 is 15.9 Å². The van der Waals surface area contributed by atoms with E-state index in [9.17, 15) is 4.79 Å². The molecule has 1 fully saturated rings. The van der Waals surface area contributed by atoms with Crippen LogP contribution in [0.1, 0.15) is 33.6 Å². The van der Waals surface area contributed by atoms with Crippen molar-refractivity contribution in [3.63, 3.8) is 0 Å². The number of hydrogen-bond acceptors (Lipinski definition) is 5. The summed E-state index contributed by atoms with van der Waals surface area (Å²) in [5.41, 5.74) is 3.47. The largest absolute Gasteiger partial charge is 0.377 e. The van der Waals surface area contributed by atoms with E-state index in [1.54, 1.807) is 4.90 Å². The fourth-order valence-corrected chi connectivity index (χ4v) is 3.48. The minimum atomic E-state index is -0.264. The van der Waals surface area contributed by atoms with Gasteiger partial charge in [0.1, 0.15) is 18.2 Å². The van der Waals surface area contributed by atoms with Crippen LogP contribution in [0.5, 0.6) is 0 Å². The number of ether oxygens (including phenoxy) is 1. The van der Waals surface area contributed by atoms with E-state index in [-0.39, 0.29) is 11.9 Å². The maximum Gasteiger partial charge on any atom is 0.254 e. The van der Waals surface area contributed by atoms with Gasteiger partial charge in [0, 0.05) is 12.1 Å². The summed E-state index contributed by atoms with van der Waals surface area (Å²) in [6.45, 7) is 5.37. The van der Waals surface area contributed by atoms with Gasteiger partial charge in [0.05, 0.1) is 34.8 Å². The minimum Gasteiger partial charge on any atom is -0.377 e. The highest BCUT2D eigenvalue weighted by Crippen LogP contribution is 2.25. The number of aryl methyl sites for hydroxylation is 1. The van der Waals surface area contributed by atoms with Crippen LogP contribution in [0.3, 0.4) is 0 Å². The van der Waals surface area contributed by atoms with Crippen molar-refractivity contribution in [2.24, 2.45) is 0 Å². The molecular weight excluding hydrogens is 412 g/mol. The molecule has 2 aromatic heterocycles. The highest BCUT2D eigenvalue weighted by atomic mass is 79.9. The molecule has 0 aliphatic carbocycles. The topological polar surface area (TPSA) is 88.9 Å². The van der Waals surface area contributed by atoms with E-state index in [4.69, 9.17) is 4.74 Å². The molecule has 0 unspecified atom stereocenters. The predicted molar refractivity (Wildman–Crippen MR) is 102 cm³/mol. The van der Waals surface area contributed by atoms with E-state index in [0.717, 1.165) is 21.5 Å². The van der Waals surface area contributed by atoms with Crippen molar-refractivity contribution < 1.29 is 9.53 Å². The molecule has 4 rings (SSSR count). The molecule has 1 aliphatic rings. The van der Waals surface area contributed by atoms with Gasteiger partial charge in [0.25, 0.3) is 5.91 Å². The lowest BCUT2D eigenvalue weighted by molar-refractivity contribution is -0.00511. The number of rotatable bonds is 3. The lowest BCUT2D eigenvalue weighted by atomic mass is 10.1. The molecule has 1 N–H and O–H groups in total. The van der Waals surface area contributed by atoms with Gasteiger partial charge in [-0.2, -0.15) is 10.2 Å². The van der Waals surface area contributed by atoms with E-state index in [0.29, 0.717) is 31.1 Å². The van der Waals surface area contributed by atoms with Gasteiger partial charge < -0.3 is 9.64 Å². The lowest BCUT2D eigenvalue weighted by Gasteiger charge is -2.34. The van der Waals surface area contributed by atoms with E-state index < -0.39 is 0 Å². The Morgan fingerprint density at radius 2 is 2.07 bits per heavy atom. The number of nitrogens with zero attached hydrogens (tertiary/aromatic N) is 5. The highest BCUT2D eigenvalue weighted by molar-refractivity contribution is 9.10. The molecule has 3 aromatic rings. The molecule has 3 heterocycles. The first-order valence-electron chi connectivity index (χ1n) is 8.62. The molecule has 0 spiro atoms. The Kier molecular flexibility index (Phi) is 4.79. The fraction of sp³-hybridized carbons (Fsp3) is 0.333.